The van der Waals surface area contributed by atoms with Gasteiger partial charge in [0.2, 0.25) is 0 Å². The maximum Gasteiger partial charge on any atom is 0.189 e. The Bertz CT molecular complexity index is 1040. The van der Waals surface area contributed by atoms with Crippen molar-refractivity contribution in [1.29, 1.82) is 0 Å². The van der Waals surface area contributed by atoms with Crippen LogP contribution in [0.3, 0.4) is 0 Å². The molecular formula is C20H14O6. The summed E-state index contributed by atoms with van der Waals surface area (Å²) < 4.78 is 12.0. The van der Waals surface area contributed by atoms with Crippen LogP contribution >= 0.6 is 0 Å². The molecule has 0 amide bonds. The zero-order valence-electron chi connectivity index (χ0n) is 13.4. The van der Waals surface area contributed by atoms with Gasteiger partial charge < -0.3 is 24.8 Å². The first-order valence-electron chi connectivity index (χ1n) is 8.46. The van der Waals surface area contributed by atoms with Gasteiger partial charge in [0.1, 0.15) is 41.5 Å². The highest BCUT2D eigenvalue weighted by molar-refractivity contribution is 6.09. The summed E-state index contributed by atoms with van der Waals surface area (Å²) in [5, 5.41) is 31.1. The summed E-state index contributed by atoms with van der Waals surface area (Å²) in [6.45, 7) is 0. The number of epoxide rings is 1. The topological polar surface area (TPSA) is 99.5 Å². The normalized spacial score (nSPS) is 35.2. The standard InChI is InChI=1S/C20H14O6/c21-10-3-1-2-8-13(10)12(23)6-7-20(8)9-4-5-11(22)15-14(9)17(26-20)19-18(25-19)16(15)24/h1-7,16-19,21-22,24H/t16-,17+,18-,19+,20-/m0/s1. The van der Waals surface area contributed by atoms with E-state index in [0.717, 1.165) is 5.56 Å². The minimum Gasteiger partial charge on any atom is -0.508 e. The smallest absolute Gasteiger partial charge is 0.189 e. The second-order valence-corrected chi connectivity index (χ2v) is 7.14. The van der Waals surface area contributed by atoms with Crippen molar-refractivity contribution in [1.82, 2.24) is 0 Å². The average molecular weight is 350 g/mol. The van der Waals surface area contributed by atoms with E-state index in [2.05, 4.69) is 0 Å². The average Bonchev–Trinajstić information content (AvgIpc) is 3.36. The van der Waals surface area contributed by atoms with Crippen molar-refractivity contribution in [3.63, 3.8) is 0 Å². The van der Waals surface area contributed by atoms with E-state index in [9.17, 15) is 20.1 Å². The van der Waals surface area contributed by atoms with Crippen molar-refractivity contribution in [2.24, 2.45) is 0 Å². The highest BCUT2D eigenvalue weighted by Gasteiger charge is 2.63. The summed E-state index contributed by atoms with van der Waals surface area (Å²) in [6.07, 6.45) is 1.04. The lowest BCUT2D eigenvalue weighted by Crippen LogP contribution is -2.31. The van der Waals surface area contributed by atoms with E-state index >= 15 is 0 Å². The van der Waals surface area contributed by atoms with Crippen molar-refractivity contribution in [2.45, 2.75) is 30.0 Å². The Morgan fingerprint density at radius 2 is 1.81 bits per heavy atom. The predicted molar refractivity (Wildman–Crippen MR) is 87.9 cm³/mol. The van der Waals surface area contributed by atoms with E-state index in [1.165, 1.54) is 18.2 Å². The summed E-state index contributed by atoms with van der Waals surface area (Å²) >= 11 is 0. The minimum atomic E-state index is -1.06. The van der Waals surface area contributed by atoms with E-state index in [-0.39, 0.29) is 28.9 Å². The number of phenolic OH excluding ortho intramolecular Hbond substituents is 2. The van der Waals surface area contributed by atoms with Gasteiger partial charge in [-0.05, 0) is 35.4 Å². The molecule has 3 N–H and O–H groups in total. The molecule has 6 rings (SSSR count). The molecule has 2 heterocycles. The van der Waals surface area contributed by atoms with Gasteiger partial charge in [-0.1, -0.05) is 18.2 Å². The lowest BCUT2D eigenvalue weighted by atomic mass is 9.76. The van der Waals surface area contributed by atoms with E-state index in [1.807, 2.05) is 0 Å². The van der Waals surface area contributed by atoms with Gasteiger partial charge in [-0.15, -0.1) is 0 Å². The van der Waals surface area contributed by atoms with E-state index in [4.69, 9.17) is 9.47 Å². The van der Waals surface area contributed by atoms with E-state index in [1.54, 1.807) is 24.3 Å². The van der Waals surface area contributed by atoms with E-state index < -0.39 is 23.9 Å². The van der Waals surface area contributed by atoms with Crippen LogP contribution in [0, 0.1) is 0 Å². The van der Waals surface area contributed by atoms with Crippen LogP contribution < -0.4 is 0 Å². The molecule has 5 atom stereocenters. The van der Waals surface area contributed by atoms with Gasteiger partial charge in [-0.25, -0.2) is 0 Å². The van der Waals surface area contributed by atoms with Crippen molar-refractivity contribution in [2.75, 3.05) is 0 Å². The number of hydrogen-bond donors (Lipinski definition) is 3. The Hall–Kier alpha value is -2.67. The Balaban J connectivity index is 1.68. The lowest BCUT2D eigenvalue weighted by Gasteiger charge is -2.32. The molecule has 2 aromatic carbocycles. The summed E-state index contributed by atoms with van der Waals surface area (Å²) in [4.78, 5) is 12.4. The van der Waals surface area contributed by atoms with Crippen LogP contribution in [0.5, 0.6) is 11.5 Å². The van der Waals surface area contributed by atoms with Crippen LogP contribution in [0.2, 0.25) is 0 Å². The van der Waals surface area contributed by atoms with Crippen LogP contribution in [0.1, 0.15) is 44.8 Å². The van der Waals surface area contributed by atoms with Crippen LogP contribution in [0.4, 0.5) is 0 Å². The number of benzene rings is 2. The summed E-state index contributed by atoms with van der Waals surface area (Å²) in [7, 11) is 0. The molecule has 2 aliphatic heterocycles. The largest absolute Gasteiger partial charge is 0.508 e. The molecule has 6 nitrogen and oxygen atoms in total. The number of carbonyl (C=O) groups excluding carboxylic acids is 1. The van der Waals surface area contributed by atoms with Gasteiger partial charge in [0, 0.05) is 11.1 Å². The molecule has 1 spiro atoms. The van der Waals surface area contributed by atoms with Gasteiger partial charge in [0.25, 0.3) is 0 Å². The number of aliphatic hydroxyl groups is 1. The van der Waals surface area contributed by atoms with Gasteiger partial charge in [0.05, 0.1) is 5.56 Å². The van der Waals surface area contributed by atoms with Crippen molar-refractivity contribution < 1.29 is 29.6 Å². The molecular weight excluding hydrogens is 336 g/mol. The van der Waals surface area contributed by atoms with Gasteiger partial charge in [-0.3, -0.25) is 4.79 Å². The number of phenols is 2. The Morgan fingerprint density at radius 3 is 2.65 bits per heavy atom. The summed E-state index contributed by atoms with van der Waals surface area (Å²) in [6, 6.07) is 8.18. The molecule has 1 fully saturated rings. The number of fused-ring (bicyclic) bond motifs is 5. The fourth-order valence-corrected chi connectivity index (χ4v) is 4.73. The predicted octanol–water partition coefficient (Wildman–Crippen LogP) is 1.98. The number of hydrogen-bond acceptors (Lipinski definition) is 6. The van der Waals surface area contributed by atoms with Crippen molar-refractivity contribution in [3.8, 4) is 11.5 Å². The highest BCUT2D eigenvalue weighted by Crippen LogP contribution is 2.62. The molecule has 26 heavy (non-hydrogen) atoms. The number of ether oxygens (including phenoxy) is 2. The fraction of sp³-hybridized carbons (Fsp3) is 0.250. The third-order valence-electron chi connectivity index (χ3n) is 5.89. The van der Waals surface area contributed by atoms with Crippen LogP contribution in [0.25, 0.3) is 0 Å². The molecule has 6 heteroatoms. The molecule has 2 aliphatic carbocycles. The monoisotopic (exact) mass is 350 g/mol. The molecule has 1 saturated heterocycles. The Labute approximate surface area is 147 Å². The third-order valence-corrected chi connectivity index (χ3v) is 5.89. The van der Waals surface area contributed by atoms with Crippen LogP contribution in [-0.4, -0.2) is 33.3 Å². The molecule has 0 radical (unpaired) electrons. The maximum atomic E-state index is 12.4. The molecule has 0 bridgehead atoms. The summed E-state index contributed by atoms with van der Waals surface area (Å²) in [5.41, 5.74) is 1.59. The Morgan fingerprint density at radius 1 is 0.962 bits per heavy atom. The Kier molecular flexibility index (Phi) is 2.42. The van der Waals surface area contributed by atoms with Crippen molar-refractivity contribution >= 4 is 5.78 Å². The first-order valence-corrected chi connectivity index (χ1v) is 8.46. The number of aliphatic hydroxyl groups excluding tert-OH is 1. The highest BCUT2D eigenvalue weighted by atomic mass is 16.6. The lowest BCUT2D eigenvalue weighted by molar-refractivity contribution is -0.0335. The number of ketones is 1. The first kappa shape index (κ1) is 14.5. The number of carbonyl (C=O) groups is 1. The number of rotatable bonds is 0. The van der Waals surface area contributed by atoms with Crippen molar-refractivity contribution in [3.05, 3.63) is 70.3 Å². The number of allylic oxidation sites excluding steroid dienone is 1. The molecule has 0 aromatic heterocycles. The second-order valence-electron chi connectivity index (χ2n) is 7.14. The molecule has 2 aromatic rings. The summed E-state index contributed by atoms with van der Waals surface area (Å²) in [5.74, 6) is -0.381. The van der Waals surface area contributed by atoms with Crippen LogP contribution in [0.15, 0.2) is 42.5 Å². The molecule has 0 saturated carbocycles. The minimum absolute atomic E-state index is 0.00264. The van der Waals surface area contributed by atoms with E-state index in [0.29, 0.717) is 16.7 Å². The molecule has 4 aliphatic rings. The number of aromatic hydroxyl groups is 2. The zero-order valence-corrected chi connectivity index (χ0v) is 13.4. The van der Waals surface area contributed by atoms with Crippen LogP contribution in [-0.2, 0) is 15.1 Å². The van der Waals surface area contributed by atoms with Gasteiger partial charge >= 0.3 is 0 Å². The second kappa shape index (κ2) is 4.35. The van der Waals surface area contributed by atoms with Gasteiger partial charge in [-0.2, -0.15) is 0 Å². The zero-order chi connectivity index (χ0) is 17.8. The third kappa shape index (κ3) is 1.47. The van der Waals surface area contributed by atoms with Gasteiger partial charge in [0.15, 0.2) is 5.78 Å². The molecule has 130 valence electrons. The maximum absolute atomic E-state index is 12.4. The quantitative estimate of drug-likeness (QED) is 0.628. The first-order chi connectivity index (χ1) is 12.5. The SMILES string of the molecule is O=C1C=C[C@]2(O[C@@H]3c4c2ccc(O)c4[C@H](O)[C@@H]2O[C@@H]23)c2cccc(O)c21. The molecule has 0 unspecified atom stereocenters. The fourth-order valence-electron chi connectivity index (χ4n) is 4.73.